The summed E-state index contributed by atoms with van der Waals surface area (Å²) in [6, 6.07) is 0. The van der Waals surface area contributed by atoms with Gasteiger partial charge in [0.15, 0.2) is 0 Å². The molecule has 28 nitrogen and oxygen atoms in total. The largest absolute Gasteiger partial charge is 0.481 e. The summed E-state index contributed by atoms with van der Waals surface area (Å²) in [5.41, 5.74) is 0. The highest BCUT2D eigenvalue weighted by Crippen LogP contribution is 1.91. The Morgan fingerprint density at radius 1 is 0.250 bits per heavy atom. The summed E-state index contributed by atoms with van der Waals surface area (Å²) in [6.45, 7) is -5.26. The summed E-state index contributed by atoms with van der Waals surface area (Å²) in [6.07, 6.45) is -11.6. The highest BCUT2D eigenvalue weighted by atomic mass is 32.1. The van der Waals surface area contributed by atoms with Crippen LogP contribution in [0.5, 0.6) is 0 Å². The van der Waals surface area contributed by atoms with Crippen molar-refractivity contribution in [3.8, 4) is 0 Å². The molecule has 0 bridgehead atoms. The van der Waals surface area contributed by atoms with E-state index in [4.69, 9.17) is 123 Å². The number of carboxylic acid groups (broad SMARTS) is 4. The Morgan fingerprint density at radius 2 is 0.328 bits per heavy atom. The predicted octanol–water partition coefficient (Wildman–Crippen LogP) is -9.97. The fraction of sp³-hybridized carbons (Fsp3) is 0.875. The second kappa shape index (κ2) is 65.8. The summed E-state index contributed by atoms with van der Waals surface area (Å²) in [4.78, 5) is 38.2. The Kier molecular flexibility index (Phi) is 84.8. The third-order valence-corrected chi connectivity index (χ3v) is 6.29. The third-order valence-electron chi connectivity index (χ3n) is 5.39. The van der Waals surface area contributed by atoms with E-state index in [9.17, 15) is 19.2 Å². The van der Waals surface area contributed by atoms with Gasteiger partial charge in [0, 0.05) is 23.0 Å². The van der Waals surface area contributed by atoms with Crippen molar-refractivity contribution in [2.45, 2.75) is 86.7 Å². The number of carboxylic acids is 4. The molecule has 0 radical (unpaired) electrons. The zero-order valence-electron chi connectivity index (χ0n) is 34.7. The molecule has 394 valence electrons. The van der Waals surface area contributed by atoms with E-state index in [0.717, 1.165) is 0 Å². The maximum Gasteiger partial charge on any atom is 0.304 e. The molecular formula is C32H74O28S4. The Morgan fingerprint density at radius 3 is 0.344 bits per heavy atom. The zero-order valence-corrected chi connectivity index (χ0v) is 38.2. The molecule has 10 atom stereocenters. The van der Waals surface area contributed by atoms with Gasteiger partial charge in [-0.25, -0.2) is 0 Å². The normalized spacial score (nSPS) is 14.3. The van der Waals surface area contributed by atoms with Crippen molar-refractivity contribution in [2.24, 2.45) is 0 Å². The molecule has 0 heterocycles. The van der Waals surface area contributed by atoms with Gasteiger partial charge in [-0.1, -0.05) is 0 Å². The highest BCUT2D eigenvalue weighted by molar-refractivity contribution is 7.80. The first-order chi connectivity index (χ1) is 29.7. The number of aliphatic hydroxyl groups excluding tert-OH is 20. The molecule has 0 aliphatic heterocycles. The SMILES string of the molecule is O=C(O)CCS.O=C(O)CCS.O=C(O)CCS.O=C(O)CCS.OC[C@@H](O)[C@@H](O)CO.OC[C@@H](O)[C@@H](O)CO.OC[C@@H](O)[C@@H](O)CO.OC[C@@H](O)[C@@H](O)CO.OC[C@@H](O)[C@@H](O)CO. The average Bonchev–Trinajstić information content (AvgIpc) is 3.27. The van der Waals surface area contributed by atoms with Crippen LogP contribution in [0.15, 0.2) is 0 Å². The first-order valence-electron chi connectivity index (χ1n) is 17.9. The Labute approximate surface area is 390 Å². The molecule has 0 aromatic heterocycles. The molecule has 0 saturated carbocycles. The Balaban J connectivity index is -0.0000000762. The molecule has 64 heavy (non-hydrogen) atoms. The van der Waals surface area contributed by atoms with Crippen LogP contribution in [0.1, 0.15) is 25.7 Å². The molecule has 24 N–H and O–H groups in total. The van der Waals surface area contributed by atoms with Crippen molar-refractivity contribution in [3.05, 3.63) is 0 Å². The molecule has 0 aliphatic rings. The van der Waals surface area contributed by atoms with E-state index in [2.05, 4.69) is 50.5 Å². The lowest BCUT2D eigenvalue weighted by molar-refractivity contribution is -0.137. The van der Waals surface area contributed by atoms with E-state index < -0.39 is 151 Å². The summed E-state index contributed by atoms with van der Waals surface area (Å²) >= 11 is 14.7. The molecule has 0 aromatic rings. The van der Waals surface area contributed by atoms with Crippen molar-refractivity contribution in [2.75, 3.05) is 89.1 Å². The fourth-order valence-electron chi connectivity index (χ4n) is 1.60. The van der Waals surface area contributed by atoms with Crippen molar-refractivity contribution in [1.82, 2.24) is 0 Å². The number of hydrogen-bond acceptors (Lipinski definition) is 28. The topological polar surface area (TPSA) is 554 Å². The smallest absolute Gasteiger partial charge is 0.304 e. The number of carbonyl (C=O) groups is 4. The van der Waals surface area contributed by atoms with Crippen LogP contribution in [0, 0.1) is 0 Å². The monoisotopic (exact) mass is 1030 g/mol. The van der Waals surface area contributed by atoms with E-state index in [1.54, 1.807) is 0 Å². The highest BCUT2D eigenvalue weighted by Gasteiger charge is 2.15. The van der Waals surface area contributed by atoms with Crippen LogP contribution in [-0.4, -0.2) is 297 Å². The van der Waals surface area contributed by atoms with Gasteiger partial charge in [-0.15, -0.1) is 0 Å². The second-order valence-corrected chi connectivity index (χ2v) is 12.8. The van der Waals surface area contributed by atoms with Crippen LogP contribution in [0.2, 0.25) is 0 Å². The van der Waals surface area contributed by atoms with E-state index >= 15 is 0 Å². The van der Waals surface area contributed by atoms with Crippen molar-refractivity contribution < 1.29 is 142 Å². The van der Waals surface area contributed by atoms with Gasteiger partial charge < -0.3 is 123 Å². The van der Waals surface area contributed by atoms with Gasteiger partial charge in [-0.2, -0.15) is 50.5 Å². The van der Waals surface area contributed by atoms with E-state index in [1.807, 2.05) is 0 Å². The minimum absolute atomic E-state index is 0.156. The molecule has 0 rings (SSSR count). The molecular weight excluding hydrogens is 961 g/mol. The number of rotatable bonds is 23. The van der Waals surface area contributed by atoms with E-state index in [0.29, 0.717) is 23.0 Å². The van der Waals surface area contributed by atoms with Crippen LogP contribution >= 0.6 is 50.5 Å². The van der Waals surface area contributed by atoms with Crippen LogP contribution < -0.4 is 0 Å². The van der Waals surface area contributed by atoms with Gasteiger partial charge in [0.05, 0.1) is 91.8 Å². The van der Waals surface area contributed by atoms with Crippen LogP contribution in [0.4, 0.5) is 0 Å². The van der Waals surface area contributed by atoms with Crippen molar-refractivity contribution in [1.29, 1.82) is 0 Å². The molecule has 0 spiro atoms. The van der Waals surface area contributed by atoms with Crippen molar-refractivity contribution >= 4 is 74.4 Å². The predicted molar refractivity (Wildman–Crippen MR) is 235 cm³/mol. The Hall–Kier alpha value is -1.52. The van der Waals surface area contributed by atoms with Gasteiger partial charge in [-0.3, -0.25) is 19.2 Å². The van der Waals surface area contributed by atoms with Gasteiger partial charge in [0.1, 0.15) is 61.0 Å². The molecule has 0 unspecified atom stereocenters. The van der Waals surface area contributed by atoms with Crippen LogP contribution in [0.3, 0.4) is 0 Å². The van der Waals surface area contributed by atoms with Crippen LogP contribution in [0.25, 0.3) is 0 Å². The Bertz CT molecular complexity index is 757. The molecule has 32 heteroatoms. The lowest BCUT2D eigenvalue weighted by atomic mass is 10.2. The van der Waals surface area contributed by atoms with Gasteiger partial charge in [0.2, 0.25) is 0 Å². The molecule has 0 aromatic carbocycles. The summed E-state index contributed by atoms with van der Waals surface area (Å²) in [7, 11) is 0. The minimum Gasteiger partial charge on any atom is -0.481 e. The lowest BCUT2D eigenvalue weighted by Crippen LogP contribution is -2.31. The van der Waals surface area contributed by atoms with Gasteiger partial charge in [-0.05, 0) is 0 Å². The van der Waals surface area contributed by atoms with E-state index in [-0.39, 0.29) is 25.7 Å². The molecule has 0 fully saturated rings. The minimum atomic E-state index is -1.22. The number of aliphatic carboxylic acids is 4. The molecule has 0 amide bonds. The summed E-state index contributed by atoms with van der Waals surface area (Å²) in [5, 5.41) is 197. The number of aliphatic hydroxyl groups is 20. The first kappa shape index (κ1) is 82.6. The van der Waals surface area contributed by atoms with Gasteiger partial charge in [0.25, 0.3) is 0 Å². The lowest BCUT2D eigenvalue weighted by Gasteiger charge is -2.10. The van der Waals surface area contributed by atoms with E-state index in [1.165, 1.54) is 0 Å². The average molecular weight is 1040 g/mol. The number of thiol groups is 4. The van der Waals surface area contributed by atoms with Crippen molar-refractivity contribution in [3.63, 3.8) is 0 Å². The first-order valence-corrected chi connectivity index (χ1v) is 20.4. The van der Waals surface area contributed by atoms with Gasteiger partial charge >= 0.3 is 23.9 Å². The standard InChI is InChI=1S/5C4H10O4.4C3H6O2S/c5*5-1-3(7)4(8)2-6;4*4-3(5)1-2-6/h5*3-8H,1-2H2;4*6H,1-2H2,(H,4,5)/t5*3-,4+;;;;. The molecule has 0 aliphatic carbocycles. The quantitative estimate of drug-likeness (QED) is 0.0423. The maximum absolute atomic E-state index is 9.55. The molecule has 0 saturated heterocycles. The fourth-order valence-corrected chi connectivity index (χ4v) is 2.36. The summed E-state index contributed by atoms with van der Waals surface area (Å²) < 4.78 is 0. The third kappa shape index (κ3) is 84.0. The second-order valence-electron chi connectivity index (χ2n) is 11.0. The maximum atomic E-state index is 9.55. The van der Waals surface area contributed by atoms with Crippen LogP contribution in [-0.2, 0) is 19.2 Å². The zero-order chi connectivity index (χ0) is 52.8. The summed E-state index contributed by atoms with van der Waals surface area (Å²) in [5.74, 6) is -1.44. The number of hydrogen-bond donors (Lipinski definition) is 28.